The van der Waals surface area contributed by atoms with E-state index in [0.717, 1.165) is 4.83 Å². The van der Waals surface area contributed by atoms with Crippen LogP contribution in [0.15, 0.2) is 22.4 Å². The van der Waals surface area contributed by atoms with Gasteiger partial charge < -0.3 is 5.32 Å². The zero-order chi connectivity index (χ0) is 15.7. The van der Waals surface area contributed by atoms with Gasteiger partial charge in [0.25, 0.3) is 11.5 Å². The normalized spacial score (nSPS) is 11.0. The summed E-state index contributed by atoms with van der Waals surface area (Å²) in [6.45, 7) is 2.45. The summed E-state index contributed by atoms with van der Waals surface area (Å²) in [7, 11) is 1.69. The van der Waals surface area contributed by atoms with Gasteiger partial charge in [0, 0.05) is 20.1 Å². The molecule has 0 saturated heterocycles. The monoisotopic (exact) mass is 318 g/mol. The van der Waals surface area contributed by atoms with Crippen molar-refractivity contribution in [1.29, 1.82) is 0 Å². The predicted octanol–water partition coefficient (Wildman–Crippen LogP) is 0.325. The Bertz CT molecular complexity index is 893. The second-order valence-corrected chi connectivity index (χ2v) is 5.68. The second-order valence-electron chi connectivity index (χ2n) is 4.79. The number of hydrogen-bond acceptors (Lipinski definition) is 6. The molecule has 3 rings (SSSR count). The van der Waals surface area contributed by atoms with E-state index in [2.05, 4.69) is 20.6 Å². The molecule has 1 N–H and O–H groups in total. The van der Waals surface area contributed by atoms with Crippen molar-refractivity contribution in [3.05, 3.63) is 39.5 Å². The van der Waals surface area contributed by atoms with Gasteiger partial charge in [-0.1, -0.05) is 5.21 Å². The van der Waals surface area contributed by atoms with Gasteiger partial charge in [-0.05, 0) is 18.4 Å². The molecule has 0 unspecified atom stereocenters. The highest BCUT2D eigenvalue weighted by Crippen LogP contribution is 2.14. The van der Waals surface area contributed by atoms with E-state index in [1.807, 2.05) is 5.38 Å². The lowest BCUT2D eigenvalue weighted by Gasteiger charge is -2.09. The summed E-state index contributed by atoms with van der Waals surface area (Å²) < 4.78 is 3.02. The Balaban J connectivity index is 1.71. The van der Waals surface area contributed by atoms with Crippen molar-refractivity contribution in [2.45, 2.75) is 13.5 Å². The van der Waals surface area contributed by atoms with Crippen molar-refractivity contribution in [3.8, 4) is 0 Å². The Morgan fingerprint density at radius 3 is 3.00 bits per heavy atom. The summed E-state index contributed by atoms with van der Waals surface area (Å²) in [5.74, 6) is 0.317. The molecule has 0 aliphatic rings. The maximum atomic E-state index is 12.4. The van der Waals surface area contributed by atoms with Crippen LogP contribution in [-0.2, 0) is 13.6 Å². The summed E-state index contributed by atoms with van der Waals surface area (Å²) in [5, 5.41) is 12.6. The Kier molecular flexibility index (Phi) is 3.72. The minimum absolute atomic E-state index is 0.0856. The average Bonchev–Trinajstić information content (AvgIpc) is 3.11. The summed E-state index contributed by atoms with van der Waals surface area (Å²) in [4.78, 5) is 29.3. The number of aryl methyl sites for hydroxylation is 2. The fourth-order valence-electron chi connectivity index (χ4n) is 2.14. The first-order valence-corrected chi connectivity index (χ1v) is 7.53. The molecule has 3 aromatic rings. The van der Waals surface area contributed by atoms with E-state index >= 15 is 0 Å². The average molecular weight is 318 g/mol. The Morgan fingerprint density at radius 1 is 1.45 bits per heavy atom. The number of nitrogens with zero attached hydrogens (tertiary/aromatic N) is 5. The Morgan fingerprint density at radius 2 is 2.27 bits per heavy atom. The minimum atomic E-state index is -0.316. The number of nitrogens with one attached hydrogen (secondary N) is 1. The SMILES string of the molecule is Cc1nc2sccc2c(=O)n1CCNC(=O)c1cn(C)nn1. The second kappa shape index (κ2) is 5.68. The number of rotatable bonds is 4. The standard InChI is InChI=1S/C13H14N6O2S/c1-8-15-12-9(3-6-22-12)13(21)19(8)5-4-14-11(20)10-7-18(2)17-16-10/h3,6-7H,4-5H2,1-2H3,(H,14,20). The molecule has 9 heteroatoms. The van der Waals surface area contributed by atoms with E-state index in [9.17, 15) is 9.59 Å². The lowest BCUT2D eigenvalue weighted by Crippen LogP contribution is -2.32. The molecule has 0 saturated carbocycles. The number of carbonyl (C=O) groups is 1. The van der Waals surface area contributed by atoms with Gasteiger partial charge in [-0.2, -0.15) is 0 Å². The number of carbonyl (C=O) groups excluding carboxylic acids is 1. The van der Waals surface area contributed by atoms with Crippen LogP contribution in [0.3, 0.4) is 0 Å². The van der Waals surface area contributed by atoms with E-state index in [1.165, 1.54) is 22.2 Å². The molecule has 0 aliphatic heterocycles. The van der Waals surface area contributed by atoms with Gasteiger partial charge in [-0.25, -0.2) is 4.98 Å². The summed E-state index contributed by atoms with van der Waals surface area (Å²) in [6.07, 6.45) is 1.53. The van der Waals surface area contributed by atoms with Gasteiger partial charge in [-0.3, -0.25) is 18.8 Å². The number of amides is 1. The molecule has 0 radical (unpaired) electrons. The zero-order valence-corrected chi connectivity index (χ0v) is 12.9. The maximum Gasteiger partial charge on any atom is 0.273 e. The van der Waals surface area contributed by atoms with Crippen LogP contribution in [0.1, 0.15) is 16.3 Å². The number of fused-ring (bicyclic) bond motifs is 1. The molecule has 0 fully saturated rings. The van der Waals surface area contributed by atoms with Crippen LogP contribution in [0.4, 0.5) is 0 Å². The molecule has 0 aromatic carbocycles. The molecule has 3 aromatic heterocycles. The Hall–Kier alpha value is -2.55. The van der Waals surface area contributed by atoms with Crippen LogP contribution < -0.4 is 10.9 Å². The molecule has 1 amide bonds. The smallest absolute Gasteiger partial charge is 0.273 e. The van der Waals surface area contributed by atoms with Crippen molar-refractivity contribution in [2.75, 3.05) is 6.54 Å². The third-order valence-corrected chi connectivity index (χ3v) is 4.04. The van der Waals surface area contributed by atoms with E-state index in [1.54, 1.807) is 24.6 Å². The molecular formula is C13H14N6O2S. The highest BCUT2D eigenvalue weighted by Gasteiger charge is 2.11. The molecule has 114 valence electrons. The van der Waals surface area contributed by atoms with Crippen LogP contribution >= 0.6 is 11.3 Å². The molecule has 0 spiro atoms. The quantitative estimate of drug-likeness (QED) is 0.748. The number of aromatic nitrogens is 5. The topological polar surface area (TPSA) is 94.7 Å². The van der Waals surface area contributed by atoms with Crippen molar-refractivity contribution in [3.63, 3.8) is 0 Å². The van der Waals surface area contributed by atoms with Gasteiger partial charge in [-0.15, -0.1) is 16.4 Å². The highest BCUT2D eigenvalue weighted by molar-refractivity contribution is 7.16. The molecule has 22 heavy (non-hydrogen) atoms. The van der Waals surface area contributed by atoms with Crippen LogP contribution in [0.2, 0.25) is 0 Å². The minimum Gasteiger partial charge on any atom is -0.349 e. The van der Waals surface area contributed by atoms with Gasteiger partial charge in [0.15, 0.2) is 5.69 Å². The van der Waals surface area contributed by atoms with Crippen LogP contribution in [0.25, 0.3) is 10.2 Å². The largest absolute Gasteiger partial charge is 0.349 e. The fraction of sp³-hybridized carbons (Fsp3) is 0.308. The molecule has 0 aliphatic carbocycles. The molecule has 3 heterocycles. The lowest BCUT2D eigenvalue weighted by atomic mass is 10.4. The van der Waals surface area contributed by atoms with Gasteiger partial charge in [0.1, 0.15) is 10.7 Å². The number of hydrogen-bond donors (Lipinski definition) is 1. The molecule has 8 nitrogen and oxygen atoms in total. The first kappa shape index (κ1) is 14.4. The summed E-state index contributed by atoms with van der Waals surface area (Å²) in [6, 6.07) is 1.77. The molecule has 0 bridgehead atoms. The third kappa shape index (κ3) is 2.62. The predicted molar refractivity (Wildman–Crippen MR) is 82.0 cm³/mol. The molecule has 0 atom stereocenters. The van der Waals surface area contributed by atoms with E-state index in [4.69, 9.17) is 0 Å². The zero-order valence-electron chi connectivity index (χ0n) is 12.1. The summed E-state index contributed by atoms with van der Waals surface area (Å²) >= 11 is 1.44. The fourth-order valence-corrected chi connectivity index (χ4v) is 2.94. The van der Waals surface area contributed by atoms with E-state index in [-0.39, 0.29) is 17.2 Å². The summed E-state index contributed by atoms with van der Waals surface area (Å²) in [5.41, 5.74) is 0.162. The number of thiophene rings is 1. The van der Waals surface area contributed by atoms with Gasteiger partial charge in [0.05, 0.1) is 11.6 Å². The van der Waals surface area contributed by atoms with Crippen molar-refractivity contribution < 1.29 is 4.79 Å². The first-order valence-electron chi connectivity index (χ1n) is 6.65. The highest BCUT2D eigenvalue weighted by atomic mass is 32.1. The van der Waals surface area contributed by atoms with Crippen LogP contribution in [0, 0.1) is 6.92 Å². The van der Waals surface area contributed by atoms with Crippen molar-refractivity contribution in [1.82, 2.24) is 29.9 Å². The van der Waals surface area contributed by atoms with E-state index in [0.29, 0.717) is 24.3 Å². The molecular weight excluding hydrogens is 304 g/mol. The van der Waals surface area contributed by atoms with Crippen molar-refractivity contribution in [2.24, 2.45) is 7.05 Å². The first-order chi connectivity index (χ1) is 10.6. The van der Waals surface area contributed by atoms with Crippen LogP contribution in [-0.4, -0.2) is 37.0 Å². The maximum absolute atomic E-state index is 12.4. The Labute approximate surface area is 129 Å². The van der Waals surface area contributed by atoms with Gasteiger partial charge in [0.2, 0.25) is 0 Å². The van der Waals surface area contributed by atoms with Gasteiger partial charge >= 0.3 is 0 Å². The van der Waals surface area contributed by atoms with Crippen molar-refractivity contribution >= 4 is 27.5 Å². The lowest BCUT2D eigenvalue weighted by molar-refractivity contribution is 0.0947. The third-order valence-electron chi connectivity index (χ3n) is 3.23. The van der Waals surface area contributed by atoms with E-state index < -0.39 is 0 Å². The van der Waals surface area contributed by atoms with Crippen LogP contribution in [0.5, 0.6) is 0 Å².